The quantitative estimate of drug-likeness (QED) is 0.889. The van der Waals surface area contributed by atoms with Gasteiger partial charge in [0, 0.05) is 12.6 Å². The molecule has 18 heavy (non-hydrogen) atoms. The van der Waals surface area contributed by atoms with E-state index in [0.717, 1.165) is 12.1 Å². The van der Waals surface area contributed by atoms with Gasteiger partial charge < -0.3 is 14.8 Å². The van der Waals surface area contributed by atoms with Crippen molar-refractivity contribution in [2.45, 2.75) is 38.3 Å². The Morgan fingerprint density at radius 3 is 2.56 bits per heavy atom. The summed E-state index contributed by atoms with van der Waals surface area (Å²) in [6.07, 6.45) is 5.23. The SMILES string of the molecule is COc1cc(CNC2CCCC2)cc(Cl)c1OC. The lowest BCUT2D eigenvalue weighted by Crippen LogP contribution is -2.25. The molecule has 4 heteroatoms. The largest absolute Gasteiger partial charge is 0.493 e. The first-order chi connectivity index (χ1) is 8.74. The summed E-state index contributed by atoms with van der Waals surface area (Å²) in [6.45, 7) is 0.824. The van der Waals surface area contributed by atoms with E-state index in [1.807, 2.05) is 12.1 Å². The van der Waals surface area contributed by atoms with Gasteiger partial charge in [0.2, 0.25) is 0 Å². The Kier molecular flexibility index (Phi) is 4.72. The zero-order chi connectivity index (χ0) is 13.0. The molecule has 100 valence electrons. The maximum absolute atomic E-state index is 6.18. The van der Waals surface area contributed by atoms with E-state index in [2.05, 4.69) is 5.32 Å². The van der Waals surface area contributed by atoms with E-state index in [1.165, 1.54) is 25.7 Å². The molecule has 1 aliphatic rings. The van der Waals surface area contributed by atoms with Crippen molar-refractivity contribution in [1.29, 1.82) is 0 Å². The van der Waals surface area contributed by atoms with E-state index in [0.29, 0.717) is 22.6 Å². The van der Waals surface area contributed by atoms with Crippen LogP contribution in [-0.4, -0.2) is 20.3 Å². The van der Waals surface area contributed by atoms with Crippen molar-refractivity contribution in [3.63, 3.8) is 0 Å². The Bertz CT molecular complexity index is 403. The van der Waals surface area contributed by atoms with E-state index < -0.39 is 0 Å². The molecule has 0 aromatic heterocycles. The molecule has 0 saturated heterocycles. The predicted octanol–water partition coefficient (Wildman–Crippen LogP) is 3.39. The summed E-state index contributed by atoms with van der Waals surface area (Å²) < 4.78 is 10.5. The smallest absolute Gasteiger partial charge is 0.179 e. The van der Waals surface area contributed by atoms with E-state index in [4.69, 9.17) is 21.1 Å². The van der Waals surface area contributed by atoms with E-state index in [-0.39, 0.29) is 0 Å². The van der Waals surface area contributed by atoms with Crippen LogP contribution in [0.15, 0.2) is 12.1 Å². The lowest BCUT2D eigenvalue weighted by atomic mass is 10.1. The summed E-state index contributed by atoms with van der Waals surface area (Å²) in [5.74, 6) is 1.29. The fraction of sp³-hybridized carbons (Fsp3) is 0.571. The minimum absolute atomic E-state index is 0.597. The lowest BCUT2D eigenvalue weighted by molar-refractivity contribution is 0.354. The molecule has 1 saturated carbocycles. The number of ether oxygens (including phenoxy) is 2. The first-order valence-electron chi connectivity index (χ1n) is 6.38. The summed E-state index contributed by atoms with van der Waals surface area (Å²) in [7, 11) is 3.22. The maximum Gasteiger partial charge on any atom is 0.179 e. The third kappa shape index (κ3) is 3.09. The Hall–Kier alpha value is -0.930. The Labute approximate surface area is 113 Å². The van der Waals surface area contributed by atoms with Gasteiger partial charge in [0.05, 0.1) is 19.2 Å². The van der Waals surface area contributed by atoms with Crippen molar-refractivity contribution in [2.24, 2.45) is 0 Å². The van der Waals surface area contributed by atoms with Crippen molar-refractivity contribution in [3.05, 3.63) is 22.7 Å². The van der Waals surface area contributed by atoms with Gasteiger partial charge in [-0.1, -0.05) is 24.4 Å². The molecule has 0 heterocycles. The number of hydrogen-bond donors (Lipinski definition) is 1. The van der Waals surface area contributed by atoms with Crippen molar-refractivity contribution < 1.29 is 9.47 Å². The molecule has 0 unspecified atom stereocenters. The zero-order valence-corrected chi connectivity index (χ0v) is 11.7. The van der Waals surface area contributed by atoms with Crippen LogP contribution in [0.2, 0.25) is 5.02 Å². The fourth-order valence-electron chi connectivity index (χ4n) is 2.47. The van der Waals surface area contributed by atoms with Crippen molar-refractivity contribution in [3.8, 4) is 11.5 Å². The second kappa shape index (κ2) is 6.30. The number of benzene rings is 1. The first-order valence-corrected chi connectivity index (χ1v) is 6.76. The first kappa shape index (κ1) is 13.5. The lowest BCUT2D eigenvalue weighted by Gasteiger charge is -2.14. The Morgan fingerprint density at radius 2 is 1.94 bits per heavy atom. The van der Waals surface area contributed by atoms with Crippen molar-refractivity contribution >= 4 is 11.6 Å². The molecule has 1 fully saturated rings. The highest BCUT2D eigenvalue weighted by Gasteiger charge is 2.15. The Morgan fingerprint density at radius 1 is 1.22 bits per heavy atom. The molecule has 0 bridgehead atoms. The van der Waals surface area contributed by atoms with Crippen LogP contribution in [0.3, 0.4) is 0 Å². The topological polar surface area (TPSA) is 30.5 Å². The van der Waals surface area contributed by atoms with Crippen LogP contribution in [0.25, 0.3) is 0 Å². The minimum atomic E-state index is 0.597. The highest BCUT2D eigenvalue weighted by Crippen LogP contribution is 2.36. The molecule has 2 rings (SSSR count). The molecule has 0 amide bonds. The average Bonchev–Trinajstić information content (AvgIpc) is 2.88. The normalized spacial score (nSPS) is 15.9. The van der Waals surface area contributed by atoms with Gasteiger partial charge in [-0.05, 0) is 30.5 Å². The van der Waals surface area contributed by atoms with Crippen LogP contribution in [0.1, 0.15) is 31.2 Å². The van der Waals surface area contributed by atoms with Gasteiger partial charge in [0.1, 0.15) is 0 Å². The maximum atomic E-state index is 6.18. The van der Waals surface area contributed by atoms with Crippen LogP contribution in [0, 0.1) is 0 Å². The van der Waals surface area contributed by atoms with Crippen molar-refractivity contribution in [2.75, 3.05) is 14.2 Å². The Balaban J connectivity index is 2.05. The van der Waals surface area contributed by atoms with Crippen LogP contribution >= 0.6 is 11.6 Å². The van der Waals surface area contributed by atoms with Gasteiger partial charge in [-0.15, -0.1) is 0 Å². The number of halogens is 1. The summed E-state index contributed by atoms with van der Waals surface area (Å²) in [6, 6.07) is 4.56. The fourth-order valence-corrected chi connectivity index (χ4v) is 2.78. The summed E-state index contributed by atoms with van der Waals surface area (Å²) in [5, 5.41) is 4.16. The highest BCUT2D eigenvalue weighted by atomic mass is 35.5. The molecule has 0 spiro atoms. The minimum Gasteiger partial charge on any atom is -0.493 e. The van der Waals surface area contributed by atoms with Gasteiger partial charge in [0.15, 0.2) is 11.5 Å². The third-order valence-electron chi connectivity index (χ3n) is 3.44. The number of hydrogen-bond acceptors (Lipinski definition) is 3. The standard InChI is InChI=1S/C14H20ClNO2/c1-17-13-8-10(7-12(15)14(13)18-2)9-16-11-5-3-4-6-11/h7-8,11,16H,3-6,9H2,1-2H3. The van der Waals surface area contributed by atoms with Crippen LogP contribution in [0.4, 0.5) is 0 Å². The molecule has 0 aliphatic heterocycles. The van der Waals surface area contributed by atoms with Gasteiger partial charge in [0.25, 0.3) is 0 Å². The average molecular weight is 270 g/mol. The molecule has 0 radical (unpaired) electrons. The summed E-state index contributed by atoms with van der Waals surface area (Å²) in [4.78, 5) is 0. The van der Waals surface area contributed by atoms with Crippen LogP contribution in [-0.2, 0) is 6.54 Å². The molecule has 1 aromatic carbocycles. The van der Waals surface area contributed by atoms with E-state index in [9.17, 15) is 0 Å². The van der Waals surface area contributed by atoms with Crippen molar-refractivity contribution in [1.82, 2.24) is 5.32 Å². The number of rotatable bonds is 5. The highest BCUT2D eigenvalue weighted by molar-refractivity contribution is 6.32. The molecule has 1 aromatic rings. The van der Waals surface area contributed by atoms with Crippen LogP contribution < -0.4 is 14.8 Å². The van der Waals surface area contributed by atoms with Gasteiger partial charge in [-0.3, -0.25) is 0 Å². The molecule has 0 atom stereocenters. The van der Waals surface area contributed by atoms with E-state index >= 15 is 0 Å². The molecular weight excluding hydrogens is 250 g/mol. The van der Waals surface area contributed by atoms with Gasteiger partial charge >= 0.3 is 0 Å². The molecule has 1 N–H and O–H groups in total. The second-order valence-corrected chi connectivity index (χ2v) is 5.08. The molecule has 3 nitrogen and oxygen atoms in total. The van der Waals surface area contributed by atoms with Gasteiger partial charge in [-0.25, -0.2) is 0 Å². The zero-order valence-electron chi connectivity index (χ0n) is 11.0. The molecular formula is C14H20ClNO2. The summed E-state index contributed by atoms with van der Waals surface area (Å²) >= 11 is 6.18. The van der Waals surface area contributed by atoms with Gasteiger partial charge in [-0.2, -0.15) is 0 Å². The molecule has 1 aliphatic carbocycles. The number of methoxy groups -OCH3 is 2. The second-order valence-electron chi connectivity index (χ2n) is 4.68. The third-order valence-corrected chi connectivity index (χ3v) is 3.72. The predicted molar refractivity (Wildman–Crippen MR) is 73.7 cm³/mol. The number of nitrogens with one attached hydrogen (secondary N) is 1. The van der Waals surface area contributed by atoms with Crippen LogP contribution in [0.5, 0.6) is 11.5 Å². The monoisotopic (exact) mass is 269 g/mol. The van der Waals surface area contributed by atoms with E-state index in [1.54, 1.807) is 14.2 Å². The summed E-state index contributed by atoms with van der Waals surface area (Å²) in [5.41, 5.74) is 1.13.